The normalized spacial score (nSPS) is 14.5. The Morgan fingerprint density at radius 2 is 1.86 bits per heavy atom. The van der Waals surface area contributed by atoms with Crippen LogP contribution in [0.5, 0.6) is 0 Å². The predicted molar refractivity (Wildman–Crippen MR) is 80.9 cm³/mol. The summed E-state index contributed by atoms with van der Waals surface area (Å²) in [5.74, 6) is -0.567. The molecule has 0 spiro atoms. The maximum atomic E-state index is 13.8. The lowest BCUT2D eigenvalue weighted by atomic mass is 9.88. The SMILES string of the molecule is Cc1cc(S(=O)(=O)N(C)C(C)C(C)(C)C)cc(CO)c1F. The summed E-state index contributed by atoms with van der Waals surface area (Å²) < 4.78 is 40.4. The summed E-state index contributed by atoms with van der Waals surface area (Å²) in [6.45, 7) is 8.66. The minimum atomic E-state index is -3.74. The van der Waals surface area contributed by atoms with E-state index in [4.69, 9.17) is 5.11 Å². The lowest BCUT2D eigenvalue weighted by Crippen LogP contribution is -2.42. The molecular formula is C15H24FNO3S. The third kappa shape index (κ3) is 3.62. The van der Waals surface area contributed by atoms with Crippen LogP contribution in [0.3, 0.4) is 0 Å². The zero-order chi connectivity index (χ0) is 16.6. The van der Waals surface area contributed by atoms with Gasteiger partial charge in [0.15, 0.2) is 0 Å². The Labute approximate surface area is 126 Å². The van der Waals surface area contributed by atoms with Crippen LogP contribution in [0.2, 0.25) is 0 Å². The fourth-order valence-electron chi connectivity index (χ4n) is 1.99. The largest absolute Gasteiger partial charge is 0.392 e. The number of aliphatic hydroxyl groups is 1. The Balaban J connectivity index is 3.35. The van der Waals surface area contributed by atoms with E-state index in [2.05, 4.69) is 0 Å². The molecule has 4 nitrogen and oxygen atoms in total. The van der Waals surface area contributed by atoms with Gasteiger partial charge in [0.05, 0.1) is 11.5 Å². The minimum absolute atomic E-state index is 0.00375. The van der Waals surface area contributed by atoms with Gasteiger partial charge in [0, 0.05) is 18.7 Å². The van der Waals surface area contributed by atoms with Gasteiger partial charge in [-0.3, -0.25) is 0 Å². The summed E-state index contributed by atoms with van der Waals surface area (Å²) in [6, 6.07) is 2.27. The number of aryl methyl sites for hydroxylation is 1. The van der Waals surface area contributed by atoms with Crippen LogP contribution in [0.25, 0.3) is 0 Å². The molecule has 1 aromatic carbocycles. The van der Waals surface area contributed by atoms with Gasteiger partial charge in [-0.05, 0) is 37.0 Å². The Hall–Kier alpha value is -0.980. The van der Waals surface area contributed by atoms with Crippen LogP contribution in [0.4, 0.5) is 4.39 Å². The van der Waals surface area contributed by atoms with Crippen molar-refractivity contribution in [1.29, 1.82) is 0 Å². The molecule has 0 aromatic heterocycles. The molecule has 0 saturated heterocycles. The van der Waals surface area contributed by atoms with Crippen molar-refractivity contribution in [3.63, 3.8) is 0 Å². The Morgan fingerprint density at radius 3 is 2.29 bits per heavy atom. The molecule has 1 atom stereocenters. The van der Waals surface area contributed by atoms with Crippen LogP contribution < -0.4 is 0 Å². The highest BCUT2D eigenvalue weighted by Crippen LogP contribution is 2.29. The number of hydrogen-bond donors (Lipinski definition) is 1. The van der Waals surface area contributed by atoms with Crippen LogP contribution in [0, 0.1) is 18.2 Å². The second kappa shape index (κ2) is 6.02. The quantitative estimate of drug-likeness (QED) is 0.929. The van der Waals surface area contributed by atoms with E-state index in [-0.39, 0.29) is 27.5 Å². The first-order valence-electron chi connectivity index (χ1n) is 6.80. The van der Waals surface area contributed by atoms with Gasteiger partial charge in [-0.1, -0.05) is 20.8 Å². The van der Waals surface area contributed by atoms with Gasteiger partial charge in [-0.25, -0.2) is 12.8 Å². The van der Waals surface area contributed by atoms with Crippen LogP contribution in [-0.4, -0.2) is 30.9 Å². The molecule has 1 unspecified atom stereocenters. The first-order valence-corrected chi connectivity index (χ1v) is 8.24. The highest BCUT2D eigenvalue weighted by atomic mass is 32.2. The topological polar surface area (TPSA) is 57.6 Å². The Morgan fingerprint density at radius 1 is 1.33 bits per heavy atom. The maximum Gasteiger partial charge on any atom is 0.243 e. The summed E-state index contributed by atoms with van der Waals surface area (Å²) in [5, 5.41) is 9.16. The lowest BCUT2D eigenvalue weighted by Gasteiger charge is -2.34. The summed E-state index contributed by atoms with van der Waals surface area (Å²) in [5.41, 5.74) is -0.0289. The molecule has 0 amide bonds. The number of aliphatic hydroxyl groups excluding tert-OH is 1. The van der Waals surface area contributed by atoms with Crippen molar-refractivity contribution in [1.82, 2.24) is 4.31 Å². The summed E-state index contributed by atoms with van der Waals surface area (Å²) in [7, 11) is -2.22. The first-order chi connectivity index (χ1) is 9.42. The van der Waals surface area contributed by atoms with E-state index in [9.17, 15) is 12.8 Å². The molecule has 0 fully saturated rings. The zero-order valence-electron chi connectivity index (χ0n) is 13.4. The van der Waals surface area contributed by atoms with Gasteiger partial charge in [-0.2, -0.15) is 4.31 Å². The molecule has 0 radical (unpaired) electrons. The fourth-order valence-corrected chi connectivity index (χ4v) is 3.67. The molecule has 1 rings (SSSR count). The van der Waals surface area contributed by atoms with Gasteiger partial charge in [0.25, 0.3) is 0 Å². The Kier molecular flexibility index (Phi) is 5.18. The summed E-state index contributed by atoms with van der Waals surface area (Å²) in [6.07, 6.45) is 0. The molecule has 1 aromatic rings. The molecule has 0 aliphatic carbocycles. The van der Waals surface area contributed by atoms with E-state index in [1.165, 1.54) is 30.4 Å². The van der Waals surface area contributed by atoms with Crippen molar-refractivity contribution >= 4 is 10.0 Å². The van der Waals surface area contributed by atoms with E-state index < -0.39 is 22.4 Å². The molecule has 0 aliphatic rings. The zero-order valence-corrected chi connectivity index (χ0v) is 14.3. The maximum absolute atomic E-state index is 13.8. The second-order valence-corrected chi connectivity index (χ2v) is 8.43. The Bertz CT molecular complexity index is 621. The molecule has 21 heavy (non-hydrogen) atoms. The van der Waals surface area contributed by atoms with E-state index in [1.807, 2.05) is 27.7 Å². The van der Waals surface area contributed by atoms with Crippen molar-refractivity contribution < 1.29 is 17.9 Å². The number of hydrogen-bond acceptors (Lipinski definition) is 3. The third-order valence-electron chi connectivity index (χ3n) is 3.95. The van der Waals surface area contributed by atoms with E-state index in [1.54, 1.807) is 0 Å². The minimum Gasteiger partial charge on any atom is -0.392 e. The molecule has 6 heteroatoms. The predicted octanol–water partition coefficient (Wildman–Crippen LogP) is 2.68. The number of sulfonamides is 1. The van der Waals surface area contributed by atoms with Crippen molar-refractivity contribution in [2.45, 2.75) is 52.2 Å². The monoisotopic (exact) mass is 317 g/mol. The van der Waals surface area contributed by atoms with Gasteiger partial charge in [-0.15, -0.1) is 0 Å². The molecule has 1 N–H and O–H groups in total. The van der Waals surface area contributed by atoms with Gasteiger partial charge >= 0.3 is 0 Å². The number of benzene rings is 1. The molecule has 0 heterocycles. The number of nitrogens with zero attached hydrogens (tertiary/aromatic N) is 1. The molecule has 0 bridgehead atoms. The number of halogens is 1. The van der Waals surface area contributed by atoms with E-state index in [0.717, 1.165) is 0 Å². The van der Waals surface area contributed by atoms with E-state index in [0.29, 0.717) is 0 Å². The lowest BCUT2D eigenvalue weighted by molar-refractivity contribution is 0.216. The number of rotatable bonds is 4. The van der Waals surface area contributed by atoms with Gasteiger partial charge < -0.3 is 5.11 Å². The fraction of sp³-hybridized carbons (Fsp3) is 0.600. The van der Waals surface area contributed by atoms with Gasteiger partial charge in [0.1, 0.15) is 5.82 Å². The van der Waals surface area contributed by atoms with Crippen LogP contribution in [0.15, 0.2) is 17.0 Å². The molecule has 120 valence electrons. The average Bonchev–Trinajstić information content (AvgIpc) is 2.38. The standard InChI is InChI=1S/C15H24FNO3S/c1-10-7-13(8-12(9-18)14(10)16)21(19,20)17(6)11(2)15(3,4)5/h7-8,11,18H,9H2,1-6H3. The van der Waals surface area contributed by atoms with Crippen molar-refractivity contribution in [2.24, 2.45) is 5.41 Å². The highest BCUT2D eigenvalue weighted by molar-refractivity contribution is 7.89. The average molecular weight is 317 g/mol. The van der Waals surface area contributed by atoms with Crippen LogP contribution >= 0.6 is 0 Å². The van der Waals surface area contributed by atoms with Crippen molar-refractivity contribution in [3.05, 3.63) is 29.1 Å². The first kappa shape index (κ1) is 18.1. The second-order valence-electron chi connectivity index (χ2n) is 6.43. The van der Waals surface area contributed by atoms with Crippen LogP contribution in [0.1, 0.15) is 38.8 Å². The third-order valence-corrected chi connectivity index (χ3v) is 5.86. The van der Waals surface area contributed by atoms with Gasteiger partial charge in [0.2, 0.25) is 10.0 Å². The molecule has 0 aliphatic heterocycles. The molecular weight excluding hydrogens is 293 g/mol. The smallest absolute Gasteiger partial charge is 0.243 e. The van der Waals surface area contributed by atoms with Crippen molar-refractivity contribution in [2.75, 3.05) is 7.05 Å². The summed E-state index contributed by atoms with van der Waals surface area (Å²) in [4.78, 5) is 0.00375. The van der Waals surface area contributed by atoms with Crippen molar-refractivity contribution in [3.8, 4) is 0 Å². The summed E-state index contributed by atoms with van der Waals surface area (Å²) >= 11 is 0. The highest BCUT2D eigenvalue weighted by Gasteiger charge is 2.33. The van der Waals surface area contributed by atoms with Crippen LogP contribution in [-0.2, 0) is 16.6 Å². The molecule has 0 saturated carbocycles. The van der Waals surface area contributed by atoms with E-state index >= 15 is 0 Å².